The fourth-order valence-electron chi connectivity index (χ4n) is 20.0. The Labute approximate surface area is 864 Å². The van der Waals surface area contributed by atoms with Crippen LogP contribution in [0.1, 0.15) is 508 Å². The van der Waals surface area contributed by atoms with Crippen molar-refractivity contribution in [3.8, 4) is 0 Å². The van der Waals surface area contributed by atoms with Crippen molar-refractivity contribution in [2.75, 3.05) is 44.5 Å². The maximum atomic E-state index is 12.5. The summed E-state index contributed by atoms with van der Waals surface area (Å²) in [6.45, 7) is 7.87. The lowest BCUT2D eigenvalue weighted by Gasteiger charge is -2.43. The third kappa shape index (κ3) is 66.6. The molecule has 4 rings (SSSR count). The van der Waals surface area contributed by atoms with Crippen LogP contribution in [0.3, 0.4) is 0 Å². The molecule has 0 bridgehead atoms. The standard InChI is InChI=1S/C116H214N4O16S3/c1-5-8-11-14-17-20-23-26-28-30-32-34-36-38-40-42-44-46-50-55-60-65-70-78-88-117-98(92-131-113-111(129)109(127)107(125)102(135-113)93-132-115(137)119-91-95-81-73-72-74-82-95)105(123)99(121)85-75-67-62-57-53-48-49-54-59-64-69-77-87-101(134-114-112(130)110(128)108(126)103(136-114)94-133-116(138)120-96-83-80-84-97(90-96)139-4)104(106(124)100(122)86-76-68-63-58-52-25-22-19-16-13-10-7-3)118-89-79-71-66-61-56-51-47-45-43-41-39-37-35-33-31-29-27-24-21-18-15-12-9-6-2/h72-74,80-84,90,98-114,117-118,121-130H,5-71,75-79,85-89,91-94H2,1-4H3,(H,119,137)(H,120,138)/t98?,99?,100-,101?,102-,103-,104-,105?,106-,107+,108+,109+,110+,111-,112-,113+,114+/m1/s1. The van der Waals surface area contributed by atoms with Gasteiger partial charge in [0, 0.05) is 17.1 Å². The summed E-state index contributed by atoms with van der Waals surface area (Å²) < 4.78 is 37.1. The number of rotatable bonds is 98. The maximum Gasteiger partial charge on any atom is 0.261 e. The zero-order valence-electron chi connectivity index (χ0n) is 88.9. The van der Waals surface area contributed by atoms with Gasteiger partial charge in [-0.25, -0.2) is 0 Å². The van der Waals surface area contributed by atoms with Gasteiger partial charge in [-0.1, -0.05) is 507 Å². The zero-order valence-corrected chi connectivity index (χ0v) is 91.4. The number of benzene rings is 2. The predicted octanol–water partition coefficient (Wildman–Crippen LogP) is 26.9. The number of nitrogens with one attached hydrogen (secondary N) is 4. The van der Waals surface area contributed by atoms with E-state index >= 15 is 0 Å². The molecular formula is C116H214N4O16S3. The van der Waals surface area contributed by atoms with E-state index < -0.39 is 104 Å². The lowest BCUT2D eigenvalue weighted by Crippen LogP contribution is -2.62. The number of ether oxygens (including phenoxy) is 6. The van der Waals surface area contributed by atoms with Crippen molar-refractivity contribution in [3.63, 3.8) is 0 Å². The number of hydrogen-bond acceptors (Lipinski definition) is 21. The Morgan fingerprint density at radius 3 is 1.03 bits per heavy atom. The minimum absolute atomic E-state index is 0.0543. The maximum absolute atomic E-state index is 12.5. The van der Waals surface area contributed by atoms with E-state index in [1.807, 2.05) is 60.9 Å². The molecular weight excluding hydrogens is 1800 g/mol. The van der Waals surface area contributed by atoms with Crippen molar-refractivity contribution in [1.82, 2.24) is 16.0 Å². The molecule has 2 aliphatic heterocycles. The number of thiocarbonyl (C=S) groups is 2. The number of unbranched alkanes of at least 4 members (excludes halogenated alkanes) is 68. The molecule has 17 atom stereocenters. The number of thioether (sulfide) groups is 1. The smallest absolute Gasteiger partial charge is 0.261 e. The van der Waals surface area contributed by atoms with Crippen molar-refractivity contribution in [2.45, 2.75) is 618 Å². The van der Waals surface area contributed by atoms with Gasteiger partial charge >= 0.3 is 0 Å². The van der Waals surface area contributed by atoms with Crippen LogP contribution in [0, 0.1) is 0 Å². The van der Waals surface area contributed by atoms with Crippen LogP contribution >= 0.6 is 36.2 Å². The highest BCUT2D eigenvalue weighted by molar-refractivity contribution is 7.98. The lowest BCUT2D eigenvalue weighted by atomic mass is 9.92. The highest BCUT2D eigenvalue weighted by Gasteiger charge is 2.48. The second kappa shape index (κ2) is 90.6. The molecule has 0 spiro atoms. The molecule has 2 aromatic carbocycles. The normalized spacial score (nSPS) is 20.0. The second-order valence-electron chi connectivity index (χ2n) is 41.8. The Morgan fingerprint density at radius 1 is 0.345 bits per heavy atom. The van der Waals surface area contributed by atoms with Crippen LogP contribution in [0.5, 0.6) is 0 Å². The minimum atomic E-state index is -1.63. The molecule has 0 saturated carbocycles. The van der Waals surface area contributed by atoms with Gasteiger partial charge in [-0.05, 0) is 99.6 Å². The largest absolute Gasteiger partial charge is 0.468 e. The summed E-state index contributed by atoms with van der Waals surface area (Å²) in [6, 6.07) is 16.0. The van der Waals surface area contributed by atoms with Crippen molar-refractivity contribution >= 4 is 52.2 Å². The average Bonchev–Trinajstić information content (AvgIpc) is 0.803. The topological polar surface area (TPSA) is 306 Å². The molecule has 2 heterocycles. The van der Waals surface area contributed by atoms with Crippen LogP contribution < -0.4 is 21.3 Å². The van der Waals surface area contributed by atoms with E-state index in [1.54, 1.807) is 11.8 Å². The van der Waals surface area contributed by atoms with Crippen LogP contribution in [0.25, 0.3) is 0 Å². The van der Waals surface area contributed by atoms with Gasteiger partial charge in [0.05, 0.1) is 49.2 Å². The van der Waals surface area contributed by atoms with Gasteiger partial charge < -0.3 is 101 Å². The molecule has 812 valence electrons. The summed E-state index contributed by atoms with van der Waals surface area (Å²) in [7, 11) is 0. The highest BCUT2D eigenvalue weighted by Crippen LogP contribution is 2.32. The Balaban J connectivity index is 1.28. The molecule has 4 unspecified atom stereocenters. The molecule has 23 heteroatoms. The summed E-state index contributed by atoms with van der Waals surface area (Å²) in [4.78, 5) is 1.04. The molecule has 2 aromatic rings. The lowest BCUT2D eigenvalue weighted by molar-refractivity contribution is -0.314. The summed E-state index contributed by atoms with van der Waals surface area (Å²) in [5.74, 6) is 0. The molecule has 0 amide bonds. The average molecular weight is 2020 g/mol. The van der Waals surface area contributed by atoms with Crippen LogP contribution in [-0.2, 0) is 35.0 Å². The van der Waals surface area contributed by atoms with Crippen LogP contribution in [0.15, 0.2) is 59.5 Å². The third-order valence-corrected chi connectivity index (χ3v) is 30.6. The highest BCUT2D eigenvalue weighted by atomic mass is 32.2. The molecule has 20 nitrogen and oxygen atoms in total. The fraction of sp³-hybridized carbons (Fsp3) is 0.879. The van der Waals surface area contributed by atoms with Gasteiger partial charge in [-0.15, -0.1) is 11.8 Å². The number of hydrogen-bond donors (Lipinski definition) is 14. The van der Waals surface area contributed by atoms with Crippen molar-refractivity contribution in [2.24, 2.45) is 0 Å². The minimum Gasteiger partial charge on any atom is -0.468 e. The third-order valence-electron chi connectivity index (χ3n) is 29.3. The number of aliphatic hydroxyl groups is 10. The molecule has 2 fully saturated rings. The quantitative estimate of drug-likeness (QED) is 0.0166. The van der Waals surface area contributed by atoms with E-state index in [1.165, 1.54) is 327 Å². The monoisotopic (exact) mass is 2020 g/mol. The Bertz CT molecular complexity index is 3040. The first-order valence-corrected chi connectivity index (χ1v) is 60.4. The van der Waals surface area contributed by atoms with Crippen LogP contribution in [-0.4, -0.2) is 205 Å². The van der Waals surface area contributed by atoms with Crippen molar-refractivity contribution in [3.05, 3.63) is 60.2 Å². The van der Waals surface area contributed by atoms with Crippen LogP contribution in [0.2, 0.25) is 0 Å². The van der Waals surface area contributed by atoms with Gasteiger partial charge in [0.15, 0.2) is 12.6 Å². The first-order chi connectivity index (χ1) is 68.0. The van der Waals surface area contributed by atoms with Gasteiger partial charge in [0.25, 0.3) is 10.3 Å². The molecule has 0 aliphatic carbocycles. The number of aliphatic hydroxyl groups excluding tert-OH is 10. The van der Waals surface area contributed by atoms with Crippen molar-refractivity contribution < 1.29 is 79.5 Å². The molecule has 0 radical (unpaired) electrons. The van der Waals surface area contributed by atoms with E-state index in [0.29, 0.717) is 38.9 Å². The van der Waals surface area contributed by atoms with Gasteiger partial charge in [0.1, 0.15) is 62.0 Å². The molecule has 0 aromatic heterocycles. The van der Waals surface area contributed by atoms with Gasteiger partial charge in [-0.2, -0.15) is 0 Å². The molecule has 139 heavy (non-hydrogen) atoms. The summed E-state index contributed by atoms with van der Waals surface area (Å²) in [5, 5.41) is 129. The van der Waals surface area contributed by atoms with Crippen molar-refractivity contribution in [1.29, 1.82) is 0 Å². The van der Waals surface area contributed by atoms with Crippen LogP contribution in [0.4, 0.5) is 5.69 Å². The van der Waals surface area contributed by atoms with Gasteiger partial charge in [0.2, 0.25) is 0 Å². The Hall–Kier alpha value is -2.47. The molecule has 14 N–H and O–H groups in total. The van der Waals surface area contributed by atoms with E-state index in [0.717, 1.165) is 151 Å². The second-order valence-corrected chi connectivity index (χ2v) is 43.5. The van der Waals surface area contributed by atoms with E-state index in [4.69, 9.17) is 52.9 Å². The first-order valence-electron chi connectivity index (χ1n) is 58.4. The number of anilines is 1. The Kier molecular flexibility index (Phi) is 84.0. The summed E-state index contributed by atoms with van der Waals surface area (Å²) in [6.07, 6.45) is 73.3. The first kappa shape index (κ1) is 129. The summed E-state index contributed by atoms with van der Waals surface area (Å²) in [5.41, 5.74) is 1.74. The Morgan fingerprint density at radius 2 is 0.662 bits per heavy atom. The van der Waals surface area contributed by atoms with E-state index in [9.17, 15) is 51.1 Å². The van der Waals surface area contributed by atoms with E-state index in [-0.39, 0.29) is 30.2 Å². The zero-order chi connectivity index (χ0) is 100. The molecule has 2 saturated heterocycles. The SMILES string of the molecule is CCCCCCCCCCCCCCCCCCCCCCCCCCNC(CO[C@H]1O[C@H](COC(=S)NCc2ccccc2)[C@H](O)[C@H](O)[C@H]1O)C(O)C(O)CCCCCCCCCCCCCCC(O[C@H]1O[C@H](COC(=S)Nc2cccc(SC)c2)[C@H](O)[C@H](O)[C@H]1O)[C@@H](NCCCCCCCCCCCCCCCCCCCCCCCCCC)[C@H](O)[C@H](O)CCCCCCCCCCCCCC. The molecule has 2 aliphatic rings. The van der Waals surface area contributed by atoms with E-state index in [2.05, 4.69) is 42.0 Å². The predicted molar refractivity (Wildman–Crippen MR) is 587 cm³/mol. The fourth-order valence-corrected chi connectivity index (χ4v) is 20.8. The summed E-state index contributed by atoms with van der Waals surface area (Å²) >= 11 is 12.6. The van der Waals surface area contributed by atoms with Gasteiger partial charge in [-0.3, -0.25) is 0 Å².